The number of hydrogen-bond acceptors (Lipinski definition) is 5. The summed E-state index contributed by atoms with van der Waals surface area (Å²) in [7, 11) is 1.69. The molecule has 3 aromatic rings. The molecular formula is C26H26N4O4. The predicted octanol–water partition coefficient (Wildman–Crippen LogP) is 3.65. The summed E-state index contributed by atoms with van der Waals surface area (Å²) in [5.41, 5.74) is 2.74. The molecule has 2 atom stereocenters. The van der Waals surface area contributed by atoms with Gasteiger partial charge in [0.2, 0.25) is 0 Å². The van der Waals surface area contributed by atoms with Crippen molar-refractivity contribution in [2.75, 3.05) is 25.0 Å². The smallest absolute Gasteiger partial charge is 0.293 e. The third-order valence-corrected chi connectivity index (χ3v) is 6.85. The van der Waals surface area contributed by atoms with Crippen LogP contribution in [-0.4, -0.2) is 40.4 Å². The van der Waals surface area contributed by atoms with E-state index in [-0.39, 0.29) is 29.0 Å². The normalized spacial score (nSPS) is 18.8. The second-order valence-corrected chi connectivity index (χ2v) is 9.21. The van der Waals surface area contributed by atoms with E-state index < -0.39 is 4.92 Å². The molecule has 1 saturated heterocycles. The maximum atomic E-state index is 13.0. The van der Waals surface area contributed by atoms with Gasteiger partial charge in [0.1, 0.15) is 5.69 Å². The number of nitrogens with zero attached hydrogens (tertiary/aromatic N) is 4. The molecule has 34 heavy (non-hydrogen) atoms. The van der Waals surface area contributed by atoms with Crippen LogP contribution in [0.2, 0.25) is 0 Å². The zero-order valence-electron chi connectivity index (χ0n) is 19.0. The predicted molar refractivity (Wildman–Crippen MR) is 129 cm³/mol. The SMILES string of the molecule is CN(Cc1ccccc1)C(=O)c1ccc(N2C[C@H]3C[C@@H](C2)c2cccc(=O)n2C3)c([N+](=O)[O-])c1. The zero-order valence-corrected chi connectivity index (χ0v) is 19.0. The van der Waals surface area contributed by atoms with Gasteiger partial charge in [-0.1, -0.05) is 36.4 Å². The molecule has 2 aliphatic heterocycles. The largest absolute Gasteiger partial charge is 0.365 e. The summed E-state index contributed by atoms with van der Waals surface area (Å²) < 4.78 is 1.84. The van der Waals surface area contributed by atoms with Crippen molar-refractivity contribution in [3.63, 3.8) is 0 Å². The number of nitro groups is 1. The summed E-state index contributed by atoms with van der Waals surface area (Å²) >= 11 is 0. The van der Waals surface area contributed by atoms with Crippen LogP contribution < -0.4 is 10.5 Å². The van der Waals surface area contributed by atoms with Gasteiger partial charge < -0.3 is 14.4 Å². The summed E-state index contributed by atoms with van der Waals surface area (Å²) in [5.74, 6) is 0.117. The number of benzene rings is 2. The van der Waals surface area contributed by atoms with Gasteiger partial charge in [0, 0.05) is 62.5 Å². The van der Waals surface area contributed by atoms with Gasteiger partial charge in [-0.25, -0.2) is 0 Å². The molecule has 8 heteroatoms. The average Bonchev–Trinajstić information content (AvgIpc) is 2.84. The van der Waals surface area contributed by atoms with E-state index in [0.717, 1.165) is 17.7 Å². The number of amides is 1. The minimum absolute atomic E-state index is 0.00844. The van der Waals surface area contributed by atoms with Gasteiger partial charge in [-0.3, -0.25) is 19.7 Å². The van der Waals surface area contributed by atoms with Crippen molar-refractivity contribution in [1.82, 2.24) is 9.47 Å². The highest BCUT2D eigenvalue weighted by atomic mass is 16.6. The van der Waals surface area contributed by atoms with E-state index in [2.05, 4.69) is 0 Å². The summed E-state index contributed by atoms with van der Waals surface area (Å²) in [6.45, 7) is 2.28. The standard InChI is InChI=1S/C26H26N4O4/c1-27(14-18-6-3-2-4-7-18)26(32)20-10-11-23(24(13-20)30(33)34)28-15-19-12-21(17-28)22-8-5-9-25(31)29(22)16-19/h2-11,13,19,21H,12,14-17H2,1H3/t19-,21+/m1/s1. The van der Waals surface area contributed by atoms with Gasteiger partial charge in [0.15, 0.2) is 0 Å². The van der Waals surface area contributed by atoms with Crippen LogP contribution in [0.1, 0.15) is 34.0 Å². The summed E-state index contributed by atoms with van der Waals surface area (Å²) in [6.07, 6.45) is 0.967. The molecule has 1 aromatic heterocycles. The first-order chi connectivity index (χ1) is 16.4. The number of anilines is 1. The van der Waals surface area contributed by atoms with Gasteiger partial charge in [0.05, 0.1) is 4.92 Å². The number of rotatable bonds is 5. The number of pyridine rings is 1. The molecule has 5 rings (SSSR count). The molecule has 0 unspecified atom stereocenters. The Hall–Kier alpha value is -3.94. The molecular weight excluding hydrogens is 432 g/mol. The van der Waals surface area contributed by atoms with Gasteiger partial charge in [-0.2, -0.15) is 0 Å². The van der Waals surface area contributed by atoms with Gasteiger partial charge in [-0.05, 0) is 36.1 Å². The Balaban J connectivity index is 1.41. The van der Waals surface area contributed by atoms with Crippen molar-refractivity contribution >= 4 is 17.3 Å². The molecule has 2 bridgehead atoms. The van der Waals surface area contributed by atoms with Crippen LogP contribution in [0.15, 0.2) is 71.5 Å². The Labute approximate surface area is 197 Å². The third kappa shape index (κ3) is 4.07. The number of aromatic nitrogens is 1. The van der Waals surface area contributed by atoms with Crippen molar-refractivity contribution in [3.05, 3.63) is 104 Å². The maximum absolute atomic E-state index is 13.0. The van der Waals surface area contributed by atoms with E-state index in [9.17, 15) is 19.7 Å². The Kier molecular flexibility index (Phi) is 5.65. The fourth-order valence-electron chi connectivity index (χ4n) is 5.31. The van der Waals surface area contributed by atoms with Crippen LogP contribution in [-0.2, 0) is 13.1 Å². The van der Waals surface area contributed by atoms with E-state index in [1.807, 2.05) is 45.9 Å². The van der Waals surface area contributed by atoms with Gasteiger partial charge >= 0.3 is 0 Å². The first kappa shape index (κ1) is 21.9. The van der Waals surface area contributed by atoms with E-state index >= 15 is 0 Å². The van der Waals surface area contributed by atoms with Crippen molar-refractivity contribution < 1.29 is 9.72 Å². The number of carbonyl (C=O) groups excluding carboxylic acids is 1. The van der Waals surface area contributed by atoms with Crippen molar-refractivity contribution in [3.8, 4) is 0 Å². The lowest BCUT2D eigenvalue weighted by Crippen LogP contribution is -2.47. The third-order valence-electron chi connectivity index (χ3n) is 6.85. The van der Waals surface area contributed by atoms with E-state index in [1.165, 1.54) is 6.07 Å². The minimum Gasteiger partial charge on any atom is -0.365 e. The van der Waals surface area contributed by atoms with Crippen LogP contribution in [0.25, 0.3) is 0 Å². The molecule has 0 radical (unpaired) electrons. The fraction of sp³-hybridized carbons (Fsp3) is 0.308. The van der Waals surface area contributed by atoms with Crippen molar-refractivity contribution in [1.29, 1.82) is 0 Å². The minimum atomic E-state index is -0.411. The summed E-state index contributed by atoms with van der Waals surface area (Å²) in [5, 5.41) is 12.0. The maximum Gasteiger partial charge on any atom is 0.293 e. The Morgan fingerprint density at radius 3 is 2.62 bits per heavy atom. The molecule has 0 aliphatic carbocycles. The summed E-state index contributed by atoms with van der Waals surface area (Å²) in [4.78, 5) is 40.5. The molecule has 2 aromatic carbocycles. The Bertz CT molecular complexity index is 1300. The van der Waals surface area contributed by atoms with Crippen molar-refractivity contribution in [2.45, 2.75) is 25.4 Å². The molecule has 0 saturated carbocycles. The lowest BCUT2D eigenvalue weighted by atomic mass is 9.83. The first-order valence-electron chi connectivity index (χ1n) is 11.4. The fourth-order valence-corrected chi connectivity index (χ4v) is 5.31. The molecule has 1 amide bonds. The Morgan fingerprint density at radius 2 is 1.85 bits per heavy atom. The zero-order chi connectivity index (χ0) is 23.8. The number of piperidine rings is 1. The number of carbonyl (C=O) groups is 1. The Morgan fingerprint density at radius 1 is 1.06 bits per heavy atom. The monoisotopic (exact) mass is 458 g/mol. The van der Waals surface area contributed by atoms with E-state index in [4.69, 9.17) is 0 Å². The van der Waals surface area contributed by atoms with Crippen LogP contribution in [0, 0.1) is 16.0 Å². The highest BCUT2D eigenvalue weighted by Gasteiger charge is 2.36. The second kappa shape index (κ2) is 8.78. The molecule has 174 valence electrons. The van der Waals surface area contributed by atoms with Crippen molar-refractivity contribution in [2.24, 2.45) is 5.92 Å². The van der Waals surface area contributed by atoms with Crippen LogP contribution in [0.4, 0.5) is 11.4 Å². The average molecular weight is 459 g/mol. The van der Waals surface area contributed by atoms with Gasteiger partial charge in [0.25, 0.3) is 17.2 Å². The molecule has 0 N–H and O–H groups in total. The van der Waals surface area contributed by atoms with E-state index in [1.54, 1.807) is 36.2 Å². The topological polar surface area (TPSA) is 88.7 Å². The quantitative estimate of drug-likeness (QED) is 0.430. The molecule has 8 nitrogen and oxygen atoms in total. The number of nitro benzene ring substituents is 1. The second-order valence-electron chi connectivity index (χ2n) is 9.21. The van der Waals surface area contributed by atoms with Gasteiger partial charge in [-0.15, -0.1) is 0 Å². The van der Waals surface area contributed by atoms with Crippen LogP contribution in [0.3, 0.4) is 0 Å². The number of fused-ring (bicyclic) bond motifs is 4. The highest BCUT2D eigenvalue weighted by molar-refractivity contribution is 5.95. The molecule has 3 heterocycles. The highest BCUT2D eigenvalue weighted by Crippen LogP contribution is 2.39. The van der Waals surface area contributed by atoms with Crippen LogP contribution in [0.5, 0.6) is 0 Å². The number of hydrogen-bond donors (Lipinski definition) is 0. The first-order valence-corrected chi connectivity index (χ1v) is 11.4. The molecule has 2 aliphatic rings. The molecule has 0 spiro atoms. The lowest BCUT2D eigenvalue weighted by Gasteiger charge is -2.43. The lowest BCUT2D eigenvalue weighted by molar-refractivity contribution is -0.384. The van der Waals surface area contributed by atoms with Crippen LogP contribution >= 0.6 is 0 Å². The molecule has 1 fully saturated rings. The summed E-state index contributed by atoms with van der Waals surface area (Å²) in [6, 6.07) is 19.7. The van der Waals surface area contributed by atoms with E-state index in [0.29, 0.717) is 37.4 Å².